The summed E-state index contributed by atoms with van der Waals surface area (Å²) in [6, 6.07) is 12.2. The zero-order valence-corrected chi connectivity index (χ0v) is 13.9. The minimum atomic E-state index is -4.21. The van der Waals surface area contributed by atoms with E-state index in [-0.39, 0.29) is 10.5 Å². The topological polar surface area (TPSA) is 52.6 Å². The lowest BCUT2D eigenvalue weighted by molar-refractivity contribution is 0.402. The maximum absolute atomic E-state index is 14.7. The van der Waals surface area contributed by atoms with Crippen LogP contribution in [0.5, 0.6) is 11.5 Å². The van der Waals surface area contributed by atoms with Crippen LogP contribution < -0.4 is 9.47 Å². The number of halogens is 1. The van der Waals surface area contributed by atoms with Crippen LogP contribution in [-0.4, -0.2) is 22.6 Å². The number of ether oxygens (including phenoxy) is 2. The van der Waals surface area contributed by atoms with Gasteiger partial charge in [-0.1, -0.05) is 18.2 Å². The molecule has 0 aliphatic heterocycles. The summed E-state index contributed by atoms with van der Waals surface area (Å²) in [6.45, 7) is 1.40. The third kappa shape index (κ3) is 3.37. The van der Waals surface area contributed by atoms with Gasteiger partial charge in [0.2, 0.25) is 15.0 Å². The van der Waals surface area contributed by atoms with E-state index in [1.165, 1.54) is 39.3 Å². The zero-order valence-electron chi connectivity index (χ0n) is 13.0. The van der Waals surface area contributed by atoms with Gasteiger partial charge in [-0.25, -0.2) is 8.42 Å². The summed E-state index contributed by atoms with van der Waals surface area (Å²) in [4.78, 5) is -0.0984. The predicted molar refractivity (Wildman–Crippen MR) is 86.9 cm³/mol. The van der Waals surface area contributed by atoms with Gasteiger partial charge in [-0.15, -0.1) is 0 Å². The Bertz CT molecular complexity index is 827. The number of benzene rings is 2. The van der Waals surface area contributed by atoms with E-state index in [2.05, 4.69) is 0 Å². The van der Waals surface area contributed by atoms with Crippen LogP contribution in [0.2, 0.25) is 0 Å². The average molecular weight is 336 g/mol. The van der Waals surface area contributed by atoms with Gasteiger partial charge < -0.3 is 9.47 Å². The first-order valence-corrected chi connectivity index (χ1v) is 8.29. The van der Waals surface area contributed by atoms with Crippen molar-refractivity contribution in [2.24, 2.45) is 0 Å². The maximum atomic E-state index is 14.7. The molecular weight excluding hydrogens is 319 g/mol. The van der Waals surface area contributed by atoms with E-state index in [1.807, 2.05) is 0 Å². The molecule has 0 aliphatic carbocycles. The van der Waals surface area contributed by atoms with E-state index in [0.29, 0.717) is 17.1 Å². The highest BCUT2D eigenvalue weighted by Crippen LogP contribution is 2.35. The number of hydrogen-bond acceptors (Lipinski definition) is 4. The van der Waals surface area contributed by atoms with Crippen molar-refractivity contribution in [2.45, 2.75) is 11.8 Å². The summed E-state index contributed by atoms with van der Waals surface area (Å²) >= 11 is 0. The summed E-state index contributed by atoms with van der Waals surface area (Å²) < 4.78 is 49.8. The van der Waals surface area contributed by atoms with Crippen LogP contribution in [0.3, 0.4) is 0 Å². The minimum Gasteiger partial charge on any atom is -0.497 e. The number of rotatable bonds is 5. The van der Waals surface area contributed by atoms with E-state index in [9.17, 15) is 12.8 Å². The molecule has 0 aromatic heterocycles. The monoisotopic (exact) mass is 336 g/mol. The van der Waals surface area contributed by atoms with Crippen LogP contribution in [0.15, 0.2) is 58.6 Å². The second kappa shape index (κ2) is 6.83. The number of methoxy groups -OCH3 is 2. The van der Waals surface area contributed by atoms with E-state index >= 15 is 0 Å². The fraction of sp³-hybridized carbons (Fsp3) is 0.176. The van der Waals surface area contributed by atoms with Crippen LogP contribution in [-0.2, 0) is 9.84 Å². The summed E-state index contributed by atoms with van der Waals surface area (Å²) in [5, 5.41) is -1.21. The van der Waals surface area contributed by atoms with Crippen LogP contribution in [0, 0.1) is 0 Å². The molecular formula is C17H17FO4S. The molecule has 2 rings (SSSR count). The molecule has 0 saturated carbocycles. The van der Waals surface area contributed by atoms with Crippen molar-refractivity contribution < 1.29 is 22.3 Å². The Kier molecular flexibility index (Phi) is 5.05. The number of allylic oxidation sites excluding steroid dienone is 1. The van der Waals surface area contributed by atoms with E-state index in [0.717, 1.165) is 0 Å². The molecule has 0 atom stereocenters. The predicted octanol–water partition coefficient (Wildman–Crippen LogP) is 3.84. The van der Waals surface area contributed by atoms with Crippen molar-refractivity contribution in [3.8, 4) is 11.5 Å². The second-order valence-electron chi connectivity index (χ2n) is 4.78. The molecule has 4 nitrogen and oxygen atoms in total. The first-order valence-electron chi connectivity index (χ1n) is 6.80. The lowest BCUT2D eigenvalue weighted by Gasteiger charge is -2.12. The molecule has 0 N–H and O–H groups in total. The van der Waals surface area contributed by atoms with Crippen molar-refractivity contribution in [3.63, 3.8) is 0 Å². The fourth-order valence-corrected chi connectivity index (χ4v) is 3.35. The van der Waals surface area contributed by atoms with E-state index in [1.54, 1.807) is 30.3 Å². The smallest absolute Gasteiger partial charge is 0.233 e. The molecule has 0 spiro atoms. The highest BCUT2D eigenvalue weighted by molar-refractivity contribution is 7.95. The Hall–Kier alpha value is -2.34. The summed E-state index contributed by atoms with van der Waals surface area (Å²) in [5.41, 5.74) is 0.286. The largest absolute Gasteiger partial charge is 0.497 e. The lowest BCUT2D eigenvalue weighted by atomic mass is 10.1. The number of hydrogen-bond donors (Lipinski definition) is 0. The van der Waals surface area contributed by atoms with Crippen LogP contribution >= 0.6 is 0 Å². The Morgan fingerprint density at radius 3 is 2.22 bits per heavy atom. The first-order chi connectivity index (χ1) is 10.9. The van der Waals surface area contributed by atoms with Crippen LogP contribution in [0.4, 0.5) is 4.39 Å². The van der Waals surface area contributed by atoms with Gasteiger partial charge in [-0.3, -0.25) is 0 Å². The molecule has 6 heteroatoms. The molecule has 0 amide bonds. The molecule has 0 bridgehead atoms. The summed E-state index contributed by atoms with van der Waals surface area (Å²) in [6.07, 6.45) is 0. The second-order valence-corrected chi connectivity index (χ2v) is 6.62. The fourth-order valence-electron chi connectivity index (χ4n) is 2.12. The van der Waals surface area contributed by atoms with Crippen molar-refractivity contribution in [3.05, 3.63) is 59.3 Å². The Morgan fingerprint density at radius 1 is 1.00 bits per heavy atom. The summed E-state index contributed by atoms with van der Waals surface area (Å²) in [5.74, 6) is 0.840. The van der Waals surface area contributed by atoms with Gasteiger partial charge in [0.05, 0.1) is 19.1 Å². The molecule has 2 aromatic rings. The van der Waals surface area contributed by atoms with Gasteiger partial charge in [-0.05, 0) is 37.3 Å². The van der Waals surface area contributed by atoms with E-state index in [4.69, 9.17) is 9.47 Å². The molecule has 0 fully saturated rings. The van der Waals surface area contributed by atoms with Gasteiger partial charge in [0, 0.05) is 11.1 Å². The van der Waals surface area contributed by atoms with Gasteiger partial charge >= 0.3 is 0 Å². The lowest BCUT2D eigenvalue weighted by Crippen LogP contribution is -2.04. The normalized spacial score (nSPS) is 12.5. The highest BCUT2D eigenvalue weighted by atomic mass is 32.2. The quantitative estimate of drug-likeness (QED) is 0.832. The van der Waals surface area contributed by atoms with Crippen molar-refractivity contribution >= 4 is 15.4 Å². The van der Waals surface area contributed by atoms with Gasteiger partial charge in [-0.2, -0.15) is 4.39 Å². The Balaban J connectivity index is 2.61. The highest BCUT2D eigenvalue weighted by Gasteiger charge is 2.25. The number of sulfone groups is 1. The Labute approximate surface area is 135 Å². The molecule has 122 valence electrons. The van der Waals surface area contributed by atoms with Gasteiger partial charge in [0.15, 0.2) is 0 Å². The van der Waals surface area contributed by atoms with Crippen molar-refractivity contribution in [2.75, 3.05) is 14.2 Å². The minimum absolute atomic E-state index is 0.0374. The van der Waals surface area contributed by atoms with Crippen LogP contribution in [0.25, 0.3) is 5.57 Å². The van der Waals surface area contributed by atoms with Crippen molar-refractivity contribution in [1.29, 1.82) is 0 Å². The first kappa shape index (κ1) is 17.0. The molecule has 0 saturated heterocycles. The molecule has 0 heterocycles. The third-order valence-corrected chi connectivity index (χ3v) is 5.07. The van der Waals surface area contributed by atoms with E-state index < -0.39 is 15.0 Å². The van der Waals surface area contributed by atoms with Crippen molar-refractivity contribution in [1.82, 2.24) is 0 Å². The molecule has 23 heavy (non-hydrogen) atoms. The SMILES string of the molecule is COc1ccc(OC)c(/C(C)=C(/F)S(=O)(=O)c2ccccc2)c1. The maximum Gasteiger partial charge on any atom is 0.233 e. The summed E-state index contributed by atoms with van der Waals surface area (Å²) in [7, 11) is -1.31. The average Bonchev–Trinajstić information content (AvgIpc) is 2.60. The molecule has 2 aromatic carbocycles. The Morgan fingerprint density at radius 2 is 1.65 bits per heavy atom. The standard InChI is InChI=1S/C17H17FO4S/c1-12(15-11-13(21-2)9-10-16(15)22-3)17(18)23(19,20)14-7-5-4-6-8-14/h4-11H,1-3H3/b17-12-. The molecule has 0 unspecified atom stereocenters. The molecule has 0 radical (unpaired) electrons. The van der Waals surface area contributed by atoms with Gasteiger partial charge in [0.25, 0.3) is 0 Å². The van der Waals surface area contributed by atoms with Crippen LogP contribution in [0.1, 0.15) is 12.5 Å². The molecule has 0 aliphatic rings. The van der Waals surface area contributed by atoms with Gasteiger partial charge in [0.1, 0.15) is 11.5 Å². The third-order valence-electron chi connectivity index (χ3n) is 3.39. The zero-order chi connectivity index (χ0) is 17.0.